The highest BCUT2D eigenvalue weighted by Gasteiger charge is 2.35. The van der Waals surface area contributed by atoms with Gasteiger partial charge in [-0.3, -0.25) is 0 Å². The van der Waals surface area contributed by atoms with Gasteiger partial charge in [-0.15, -0.1) is 0 Å². The molecule has 1 rings (SSSR count). The third-order valence-corrected chi connectivity index (χ3v) is 1.22. The van der Waals surface area contributed by atoms with E-state index in [-0.39, 0.29) is 6.03 Å². The summed E-state index contributed by atoms with van der Waals surface area (Å²) in [6.45, 7) is 0. The first kappa shape index (κ1) is 3.56. The van der Waals surface area contributed by atoms with E-state index in [9.17, 15) is 9.36 Å². The van der Waals surface area contributed by atoms with Crippen LogP contribution >= 0.6 is 8.10 Å². The van der Waals surface area contributed by atoms with E-state index in [4.69, 9.17) is 0 Å². The maximum Gasteiger partial charge on any atom is 0.599 e. The van der Waals surface area contributed by atoms with Gasteiger partial charge in [0.05, 0.1) is 0 Å². The minimum absolute atomic E-state index is 0.351. The standard InChI is InChI=1S/CHN2O2P/c4-1-2-6(5)3-1/h(H-,2,3,4,5)/p+1. The average Bonchev–Trinajstić information content (AvgIpc) is 1.33. The summed E-state index contributed by atoms with van der Waals surface area (Å²) in [6.07, 6.45) is 0. The Bertz CT molecular complexity index is 88.1. The van der Waals surface area contributed by atoms with Crippen LogP contribution in [0.25, 0.3) is 0 Å². The molecule has 0 aliphatic carbocycles. The molecule has 0 unspecified atom stereocenters. The highest BCUT2D eigenvalue weighted by atomic mass is 31.1. The first-order valence-corrected chi connectivity index (χ1v) is 2.59. The van der Waals surface area contributed by atoms with E-state index in [0.717, 1.165) is 0 Å². The molecule has 0 radical (unpaired) electrons. The third kappa shape index (κ3) is 0.348. The van der Waals surface area contributed by atoms with Crippen LogP contribution in [0.15, 0.2) is 0 Å². The van der Waals surface area contributed by atoms with Gasteiger partial charge in [-0.2, -0.15) is 0 Å². The maximum absolute atomic E-state index is 9.81. The van der Waals surface area contributed by atoms with Crippen molar-refractivity contribution >= 4 is 14.1 Å². The molecule has 5 heteroatoms. The molecule has 32 valence electrons. The van der Waals surface area contributed by atoms with Gasteiger partial charge in [0, 0.05) is 0 Å². The SMILES string of the molecule is O=C1N[P+](=O)N1. The van der Waals surface area contributed by atoms with Crippen LogP contribution in [0.5, 0.6) is 0 Å². The second-order valence-corrected chi connectivity index (χ2v) is 1.88. The molecule has 0 bridgehead atoms. The number of carbonyl (C=O) groups is 1. The number of hydrogen-bond donors (Lipinski definition) is 2. The van der Waals surface area contributed by atoms with Crippen molar-refractivity contribution in [3.8, 4) is 0 Å². The van der Waals surface area contributed by atoms with Gasteiger partial charge in [0.1, 0.15) is 0 Å². The Morgan fingerprint density at radius 1 is 1.50 bits per heavy atom. The normalized spacial score (nSPS) is 18.0. The van der Waals surface area contributed by atoms with Gasteiger partial charge in [0.15, 0.2) is 0 Å². The molecule has 0 saturated carbocycles. The van der Waals surface area contributed by atoms with Gasteiger partial charge >= 0.3 is 14.1 Å². The Balaban J connectivity index is 2.47. The predicted molar refractivity (Wildman–Crippen MR) is 19.3 cm³/mol. The van der Waals surface area contributed by atoms with E-state index in [1.807, 2.05) is 0 Å². The lowest BCUT2D eigenvalue weighted by atomic mass is 11.2. The van der Waals surface area contributed by atoms with E-state index in [1.165, 1.54) is 0 Å². The van der Waals surface area contributed by atoms with Crippen LogP contribution in [0.4, 0.5) is 4.79 Å². The van der Waals surface area contributed by atoms with Gasteiger partial charge in [-0.1, -0.05) is 10.2 Å². The molecule has 1 aliphatic heterocycles. The van der Waals surface area contributed by atoms with Crippen molar-refractivity contribution in [3.63, 3.8) is 0 Å². The van der Waals surface area contributed by atoms with Crippen LogP contribution in [0.2, 0.25) is 0 Å². The van der Waals surface area contributed by atoms with Gasteiger partial charge in [0.25, 0.3) is 0 Å². The van der Waals surface area contributed by atoms with Crippen molar-refractivity contribution in [2.45, 2.75) is 0 Å². The summed E-state index contributed by atoms with van der Waals surface area (Å²) in [7, 11) is -1.56. The summed E-state index contributed by atoms with van der Waals surface area (Å²) >= 11 is 0. The highest BCUT2D eigenvalue weighted by Crippen LogP contribution is 2.14. The smallest absolute Gasteiger partial charge is 0.241 e. The lowest BCUT2D eigenvalue weighted by Crippen LogP contribution is -2.40. The molecule has 0 aromatic carbocycles. The average molecular weight is 105 g/mol. The van der Waals surface area contributed by atoms with Crippen molar-refractivity contribution in [1.82, 2.24) is 10.2 Å². The van der Waals surface area contributed by atoms with Crippen LogP contribution in [-0.4, -0.2) is 6.03 Å². The van der Waals surface area contributed by atoms with Crippen LogP contribution in [-0.2, 0) is 4.57 Å². The van der Waals surface area contributed by atoms with Crippen molar-refractivity contribution < 1.29 is 9.36 Å². The highest BCUT2D eigenvalue weighted by molar-refractivity contribution is 7.45. The maximum atomic E-state index is 9.81. The lowest BCUT2D eigenvalue weighted by molar-refractivity contribution is 0.246. The third-order valence-electron chi connectivity index (χ3n) is 0.406. The van der Waals surface area contributed by atoms with E-state index < -0.39 is 8.10 Å². The second-order valence-electron chi connectivity index (χ2n) is 0.847. The molecule has 1 aliphatic rings. The molecule has 1 heterocycles. The summed E-state index contributed by atoms with van der Waals surface area (Å²) in [5, 5.41) is 4.13. The summed E-state index contributed by atoms with van der Waals surface area (Å²) in [5.41, 5.74) is 0. The summed E-state index contributed by atoms with van der Waals surface area (Å²) in [4.78, 5) is 9.70. The fourth-order valence-corrected chi connectivity index (χ4v) is 0.553. The number of rotatable bonds is 0. The minimum atomic E-state index is -1.56. The van der Waals surface area contributed by atoms with Crippen molar-refractivity contribution in [3.05, 3.63) is 0 Å². The number of nitrogens with one attached hydrogen (secondary N) is 2. The molecular weight excluding hydrogens is 103 g/mol. The summed E-state index contributed by atoms with van der Waals surface area (Å²) in [6, 6.07) is -0.351. The number of carbonyl (C=O) groups excluding carboxylic acids is 1. The lowest BCUT2D eigenvalue weighted by Gasteiger charge is -1.95. The Kier molecular flexibility index (Phi) is 0.542. The van der Waals surface area contributed by atoms with Crippen molar-refractivity contribution in [2.24, 2.45) is 0 Å². The summed E-state index contributed by atoms with van der Waals surface area (Å²) < 4.78 is 9.81. The number of urea groups is 1. The Morgan fingerprint density at radius 2 is 2.00 bits per heavy atom. The molecule has 2 amide bonds. The zero-order valence-electron chi connectivity index (χ0n) is 2.76. The van der Waals surface area contributed by atoms with E-state index >= 15 is 0 Å². The fraction of sp³-hybridized carbons (Fsp3) is 0. The molecule has 4 nitrogen and oxygen atoms in total. The monoisotopic (exact) mass is 105 g/mol. The van der Waals surface area contributed by atoms with Gasteiger partial charge < -0.3 is 0 Å². The van der Waals surface area contributed by atoms with E-state index in [0.29, 0.717) is 0 Å². The number of amides is 2. The molecular formula is CH2N2O2P+. The molecule has 1 fully saturated rings. The zero-order valence-corrected chi connectivity index (χ0v) is 3.66. The Labute approximate surface area is 34.8 Å². The first-order chi connectivity index (χ1) is 2.79. The molecule has 1 saturated heterocycles. The Morgan fingerprint density at radius 3 is 2.00 bits per heavy atom. The van der Waals surface area contributed by atoms with Gasteiger partial charge in [0.2, 0.25) is 0 Å². The van der Waals surface area contributed by atoms with Gasteiger partial charge in [-0.25, -0.2) is 4.79 Å². The fourth-order valence-electron chi connectivity index (χ4n) is 0.184. The predicted octanol–water partition coefficient (Wildman–Crippen LogP) is -0.0434. The van der Waals surface area contributed by atoms with Crippen molar-refractivity contribution in [2.75, 3.05) is 0 Å². The summed E-state index contributed by atoms with van der Waals surface area (Å²) in [5.74, 6) is 0. The molecule has 2 N–H and O–H groups in total. The van der Waals surface area contributed by atoms with Gasteiger partial charge in [-0.05, 0) is 4.57 Å². The van der Waals surface area contributed by atoms with Crippen LogP contribution < -0.4 is 10.2 Å². The molecule has 0 aromatic rings. The Hall–Kier alpha value is -0.630. The molecule has 0 spiro atoms. The topological polar surface area (TPSA) is 58.2 Å². The van der Waals surface area contributed by atoms with Crippen LogP contribution in [0.3, 0.4) is 0 Å². The minimum Gasteiger partial charge on any atom is -0.241 e. The van der Waals surface area contributed by atoms with Crippen LogP contribution in [0, 0.1) is 0 Å². The molecule has 6 heavy (non-hydrogen) atoms. The first-order valence-electron chi connectivity index (χ1n) is 1.33. The quantitative estimate of drug-likeness (QED) is 0.424. The molecule has 0 atom stereocenters. The molecule has 0 aromatic heterocycles. The second kappa shape index (κ2) is 0.914. The van der Waals surface area contributed by atoms with E-state index in [2.05, 4.69) is 10.2 Å². The zero-order chi connectivity index (χ0) is 4.57. The van der Waals surface area contributed by atoms with Crippen molar-refractivity contribution in [1.29, 1.82) is 0 Å². The number of hydrogen-bond acceptors (Lipinski definition) is 2. The largest absolute Gasteiger partial charge is 0.599 e. The van der Waals surface area contributed by atoms with Crippen LogP contribution in [0.1, 0.15) is 0 Å². The van der Waals surface area contributed by atoms with E-state index in [1.54, 1.807) is 0 Å².